The molecule has 0 fully saturated rings. The molecule has 2 aromatic carbocycles. The van der Waals surface area contributed by atoms with Crippen molar-refractivity contribution in [3.8, 4) is 5.75 Å². The molecule has 2 aliphatic rings. The summed E-state index contributed by atoms with van der Waals surface area (Å²) in [4.78, 5) is 57.6. The highest BCUT2D eigenvalue weighted by atomic mass is 28.4. The summed E-state index contributed by atoms with van der Waals surface area (Å²) in [6, 6.07) is 13.5. The van der Waals surface area contributed by atoms with E-state index >= 15 is 0 Å². The van der Waals surface area contributed by atoms with E-state index in [1.165, 1.54) is 4.90 Å². The summed E-state index contributed by atoms with van der Waals surface area (Å²) in [5, 5.41) is -0.149. The SMILES string of the molecule is CCC1(CC)Oc2ccccc2C(=O)N1C(=O)[C@@H](CN1C(=O)c2ccccc2C1=O)[C@@H](C)O[Si](C)(C)C(C)(C)C. The Hall–Kier alpha value is -3.30. The van der Waals surface area contributed by atoms with Crippen LogP contribution in [0.1, 0.15) is 85.5 Å². The first-order valence-electron chi connectivity index (χ1n) is 14.0. The molecule has 2 atom stereocenters. The maximum atomic E-state index is 14.6. The summed E-state index contributed by atoms with van der Waals surface area (Å²) in [6.07, 6.45) is 0.0491. The Morgan fingerprint density at radius 3 is 1.90 bits per heavy atom. The minimum atomic E-state index is -2.38. The molecule has 2 heterocycles. The molecule has 9 heteroatoms. The minimum Gasteiger partial charge on any atom is -0.467 e. The predicted molar refractivity (Wildman–Crippen MR) is 155 cm³/mol. The molecule has 0 aliphatic carbocycles. The van der Waals surface area contributed by atoms with Gasteiger partial charge in [-0.1, -0.05) is 58.9 Å². The molecule has 8 nitrogen and oxygen atoms in total. The number of nitrogens with zero attached hydrogens (tertiary/aromatic N) is 2. The van der Waals surface area contributed by atoms with Crippen LogP contribution < -0.4 is 4.74 Å². The van der Waals surface area contributed by atoms with Gasteiger partial charge in [0.15, 0.2) is 14.0 Å². The first kappa shape index (κ1) is 29.7. The fourth-order valence-corrected chi connectivity index (χ4v) is 6.67. The van der Waals surface area contributed by atoms with Crippen molar-refractivity contribution >= 4 is 31.9 Å². The first-order chi connectivity index (χ1) is 18.7. The van der Waals surface area contributed by atoms with Gasteiger partial charge in [0.2, 0.25) is 5.91 Å². The number of hydrogen-bond acceptors (Lipinski definition) is 6. The van der Waals surface area contributed by atoms with E-state index in [2.05, 4.69) is 33.9 Å². The Bertz CT molecular complexity index is 1310. The van der Waals surface area contributed by atoms with Crippen LogP contribution in [-0.4, -0.2) is 60.1 Å². The van der Waals surface area contributed by atoms with Crippen LogP contribution in [0.4, 0.5) is 0 Å². The molecule has 0 radical (unpaired) electrons. The van der Waals surface area contributed by atoms with Gasteiger partial charge < -0.3 is 9.16 Å². The van der Waals surface area contributed by atoms with Crippen LogP contribution in [0, 0.1) is 5.92 Å². The number of ether oxygens (including phenoxy) is 1. The lowest BCUT2D eigenvalue weighted by molar-refractivity contribution is -0.157. The molecule has 2 aromatic rings. The van der Waals surface area contributed by atoms with Crippen LogP contribution >= 0.6 is 0 Å². The van der Waals surface area contributed by atoms with E-state index < -0.39 is 49.7 Å². The van der Waals surface area contributed by atoms with Crippen molar-refractivity contribution in [2.75, 3.05) is 6.54 Å². The van der Waals surface area contributed by atoms with E-state index in [1.54, 1.807) is 55.5 Å². The summed E-state index contributed by atoms with van der Waals surface area (Å²) < 4.78 is 13.0. The fraction of sp³-hybridized carbons (Fsp3) is 0.484. The van der Waals surface area contributed by atoms with Gasteiger partial charge in [-0.2, -0.15) is 0 Å². The zero-order valence-corrected chi connectivity index (χ0v) is 25.7. The largest absolute Gasteiger partial charge is 0.467 e. The normalized spacial score (nSPS) is 18.2. The molecule has 0 N–H and O–H groups in total. The Balaban J connectivity index is 1.78. The second-order valence-corrected chi connectivity index (χ2v) is 16.9. The van der Waals surface area contributed by atoms with Gasteiger partial charge in [0.05, 0.1) is 28.7 Å². The molecule has 0 aromatic heterocycles. The van der Waals surface area contributed by atoms with Crippen LogP contribution in [0.5, 0.6) is 5.75 Å². The van der Waals surface area contributed by atoms with E-state index in [0.717, 1.165) is 4.90 Å². The van der Waals surface area contributed by atoms with Crippen LogP contribution in [0.3, 0.4) is 0 Å². The van der Waals surface area contributed by atoms with E-state index in [4.69, 9.17) is 9.16 Å². The molecular weight excluding hydrogens is 524 g/mol. The average Bonchev–Trinajstić information content (AvgIpc) is 3.14. The van der Waals surface area contributed by atoms with Crippen molar-refractivity contribution in [1.82, 2.24) is 9.80 Å². The number of amides is 4. The van der Waals surface area contributed by atoms with Crippen LogP contribution in [-0.2, 0) is 9.22 Å². The van der Waals surface area contributed by atoms with Crippen molar-refractivity contribution in [3.63, 3.8) is 0 Å². The van der Waals surface area contributed by atoms with Crippen molar-refractivity contribution in [3.05, 3.63) is 65.2 Å². The summed E-state index contributed by atoms with van der Waals surface area (Å²) in [7, 11) is -2.38. The molecule has 214 valence electrons. The van der Waals surface area contributed by atoms with Gasteiger partial charge in [-0.05, 0) is 49.3 Å². The monoisotopic (exact) mass is 564 g/mol. The van der Waals surface area contributed by atoms with Crippen LogP contribution in [0.2, 0.25) is 18.1 Å². The first-order valence-corrected chi connectivity index (χ1v) is 16.9. The van der Waals surface area contributed by atoms with E-state index in [1.807, 2.05) is 13.8 Å². The number of rotatable bonds is 8. The number of carbonyl (C=O) groups excluding carboxylic acids is 4. The zero-order valence-electron chi connectivity index (χ0n) is 24.7. The second-order valence-electron chi connectivity index (χ2n) is 12.2. The molecule has 0 unspecified atom stereocenters. The third-order valence-electron chi connectivity index (χ3n) is 8.78. The maximum absolute atomic E-state index is 14.6. The smallest absolute Gasteiger partial charge is 0.267 e. The van der Waals surface area contributed by atoms with Gasteiger partial charge in [-0.3, -0.25) is 24.1 Å². The lowest BCUT2D eigenvalue weighted by atomic mass is 9.94. The van der Waals surface area contributed by atoms with Crippen molar-refractivity contribution in [1.29, 1.82) is 0 Å². The molecule has 2 aliphatic heterocycles. The Morgan fingerprint density at radius 1 is 0.900 bits per heavy atom. The third-order valence-corrected chi connectivity index (χ3v) is 13.4. The van der Waals surface area contributed by atoms with Crippen molar-refractivity contribution in [2.24, 2.45) is 5.92 Å². The van der Waals surface area contributed by atoms with Crippen molar-refractivity contribution < 1.29 is 28.3 Å². The lowest BCUT2D eigenvalue weighted by Gasteiger charge is -2.47. The zero-order chi connectivity index (χ0) is 29.6. The Kier molecular flexibility index (Phi) is 7.86. The van der Waals surface area contributed by atoms with Gasteiger partial charge >= 0.3 is 0 Å². The van der Waals surface area contributed by atoms with Crippen molar-refractivity contribution in [2.45, 2.75) is 84.3 Å². The number of benzene rings is 2. The highest BCUT2D eigenvalue weighted by Crippen LogP contribution is 2.41. The highest BCUT2D eigenvalue weighted by molar-refractivity contribution is 6.74. The average molecular weight is 565 g/mol. The number of imide groups is 2. The van der Waals surface area contributed by atoms with Gasteiger partial charge in [0.1, 0.15) is 5.75 Å². The molecular formula is C31H40N2O6Si. The van der Waals surface area contributed by atoms with Crippen LogP contribution in [0.25, 0.3) is 0 Å². The molecule has 40 heavy (non-hydrogen) atoms. The third kappa shape index (κ3) is 4.90. The Morgan fingerprint density at radius 2 is 1.40 bits per heavy atom. The fourth-order valence-electron chi connectivity index (χ4n) is 5.22. The molecule has 4 rings (SSSR count). The summed E-state index contributed by atoms with van der Waals surface area (Å²) >= 11 is 0. The standard InChI is InChI=1S/C31H40N2O6Si/c1-9-31(10-2)33(28(36)23-17-13-14-18-25(23)38-31)29(37)24(20(3)39-40(7,8)30(4,5)6)19-32-26(34)21-15-11-12-16-22(21)27(32)35/h11-18,20,24H,9-10,19H2,1-8H3/t20-,24+/m1/s1. The minimum absolute atomic E-state index is 0.149. The number of carbonyl (C=O) groups is 4. The summed E-state index contributed by atoms with van der Waals surface area (Å²) in [5.74, 6) is -2.45. The van der Waals surface area contributed by atoms with Gasteiger partial charge in [0.25, 0.3) is 17.7 Å². The summed E-state index contributed by atoms with van der Waals surface area (Å²) in [6.45, 7) is 15.8. The highest BCUT2D eigenvalue weighted by Gasteiger charge is 2.52. The topological polar surface area (TPSA) is 93.2 Å². The lowest BCUT2D eigenvalue weighted by Crippen LogP contribution is -2.63. The second kappa shape index (κ2) is 10.6. The van der Waals surface area contributed by atoms with E-state index in [9.17, 15) is 19.2 Å². The molecule has 4 amide bonds. The molecule has 0 bridgehead atoms. The van der Waals surface area contributed by atoms with E-state index in [-0.39, 0.29) is 11.6 Å². The predicted octanol–water partition coefficient (Wildman–Crippen LogP) is 5.89. The van der Waals surface area contributed by atoms with E-state index in [0.29, 0.717) is 35.3 Å². The quantitative estimate of drug-likeness (QED) is 0.293. The number of hydrogen-bond donors (Lipinski definition) is 0. The Labute approximate surface area is 237 Å². The maximum Gasteiger partial charge on any atom is 0.267 e. The van der Waals surface area contributed by atoms with Gasteiger partial charge in [-0.25, -0.2) is 4.90 Å². The molecule has 0 saturated heterocycles. The van der Waals surface area contributed by atoms with Gasteiger partial charge in [-0.15, -0.1) is 0 Å². The molecule has 0 spiro atoms. The van der Waals surface area contributed by atoms with Crippen LogP contribution in [0.15, 0.2) is 48.5 Å². The molecule has 0 saturated carbocycles. The van der Waals surface area contributed by atoms with Gasteiger partial charge in [0, 0.05) is 19.4 Å². The number of para-hydroxylation sites is 1. The summed E-state index contributed by atoms with van der Waals surface area (Å²) in [5.41, 5.74) is -0.302. The number of fused-ring (bicyclic) bond motifs is 2.